The lowest BCUT2D eigenvalue weighted by Gasteiger charge is -2.40. The van der Waals surface area contributed by atoms with Crippen molar-refractivity contribution in [2.75, 3.05) is 0 Å². The fraction of sp³-hybridized carbons (Fsp3) is 0.778. The molecular formula is C18H31O2PS2. The predicted octanol–water partition coefficient (Wildman–Crippen LogP) is 7.11. The summed E-state index contributed by atoms with van der Waals surface area (Å²) in [6.45, 7) is 7.77. The molecule has 2 rings (SSSR count). The predicted molar refractivity (Wildman–Crippen MR) is 106 cm³/mol. The van der Waals surface area contributed by atoms with Gasteiger partial charge in [0, 0.05) is 9.49 Å². The minimum Gasteiger partial charge on any atom is -0.329 e. The lowest BCUT2D eigenvalue weighted by molar-refractivity contribution is 0.398. The lowest BCUT2D eigenvalue weighted by Crippen LogP contribution is -2.29. The van der Waals surface area contributed by atoms with Gasteiger partial charge in [-0.05, 0) is 38.5 Å². The maximum atomic E-state index is 13.1. The first-order chi connectivity index (χ1) is 10.9. The van der Waals surface area contributed by atoms with Gasteiger partial charge in [-0.15, -0.1) is 13.2 Å². The van der Waals surface area contributed by atoms with Crippen LogP contribution >= 0.6 is 28.5 Å². The molecule has 0 heterocycles. The van der Waals surface area contributed by atoms with Crippen LogP contribution in [0.5, 0.6) is 0 Å². The molecule has 1 N–H and O–H groups in total. The third-order valence-corrected chi connectivity index (χ3v) is 12.6. The van der Waals surface area contributed by atoms with E-state index < -0.39 is 5.77 Å². The zero-order valence-electron chi connectivity index (χ0n) is 14.2. The smallest absolute Gasteiger partial charge is 0.311 e. The van der Waals surface area contributed by atoms with Crippen LogP contribution in [-0.4, -0.2) is 14.4 Å². The van der Waals surface area contributed by atoms with Crippen LogP contribution in [0.4, 0.5) is 0 Å². The highest BCUT2D eigenvalue weighted by molar-refractivity contribution is 8.89. The van der Waals surface area contributed by atoms with Gasteiger partial charge < -0.3 is 4.89 Å². The standard InChI is InChI=1S/C18H31O2PS2/c1-3-11-17(13-7-5-8-14-17)22-21(19,20)23-18(12-4-2)15-9-6-10-16-18/h3-4H,1-2,5-16H2,(H,19,20). The molecule has 0 aromatic rings. The van der Waals surface area contributed by atoms with E-state index in [1.165, 1.54) is 61.3 Å². The van der Waals surface area contributed by atoms with Crippen LogP contribution in [0.3, 0.4) is 0 Å². The van der Waals surface area contributed by atoms with E-state index in [-0.39, 0.29) is 9.49 Å². The van der Waals surface area contributed by atoms with Crippen molar-refractivity contribution in [3.8, 4) is 0 Å². The molecule has 2 aliphatic rings. The van der Waals surface area contributed by atoms with Crippen LogP contribution in [0.1, 0.15) is 77.0 Å². The molecule has 2 saturated carbocycles. The first kappa shape index (κ1) is 19.7. The van der Waals surface area contributed by atoms with Crippen LogP contribution in [-0.2, 0) is 4.57 Å². The lowest BCUT2D eigenvalue weighted by atomic mass is 9.86. The number of rotatable bonds is 8. The fourth-order valence-corrected chi connectivity index (χ4v) is 14.2. The van der Waals surface area contributed by atoms with E-state index >= 15 is 0 Å². The molecule has 23 heavy (non-hydrogen) atoms. The van der Waals surface area contributed by atoms with Gasteiger partial charge in [0.2, 0.25) is 0 Å². The highest BCUT2D eigenvalue weighted by Gasteiger charge is 2.44. The van der Waals surface area contributed by atoms with Gasteiger partial charge >= 0.3 is 5.77 Å². The van der Waals surface area contributed by atoms with Gasteiger partial charge in [0.15, 0.2) is 0 Å². The quantitative estimate of drug-likeness (QED) is 0.363. The molecule has 5 heteroatoms. The molecule has 0 bridgehead atoms. The van der Waals surface area contributed by atoms with Gasteiger partial charge in [0.25, 0.3) is 0 Å². The Morgan fingerprint density at radius 3 is 1.48 bits per heavy atom. The van der Waals surface area contributed by atoms with Crippen molar-refractivity contribution in [1.82, 2.24) is 0 Å². The summed E-state index contributed by atoms with van der Waals surface area (Å²) < 4.78 is 13.0. The van der Waals surface area contributed by atoms with Crippen LogP contribution < -0.4 is 0 Å². The van der Waals surface area contributed by atoms with Crippen molar-refractivity contribution < 1.29 is 9.46 Å². The van der Waals surface area contributed by atoms with Crippen LogP contribution in [0.2, 0.25) is 0 Å². The van der Waals surface area contributed by atoms with E-state index in [1.807, 2.05) is 12.2 Å². The summed E-state index contributed by atoms with van der Waals surface area (Å²) in [7, 11) is 0. The Morgan fingerprint density at radius 1 is 0.826 bits per heavy atom. The molecule has 0 unspecified atom stereocenters. The Balaban J connectivity index is 2.10. The molecule has 0 radical (unpaired) electrons. The second kappa shape index (κ2) is 8.65. The van der Waals surface area contributed by atoms with Gasteiger partial charge in [-0.1, -0.05) is 73.4 Å². The third-order valence-electron chi connectivity index (χ3n) is 5.18. The highest BCUT2D eigenvalue weighted by Crippen LogP contribution is 2.76. The summed E-state index contributed by atoms with van der Waals surface area (Å²) in [5.74, 6) is -3.28. The average Bonchev–Trinajstić information content (AvgIpc) is 2.48. The second-order valence-electron chi connectivity index (χ2n) is 7.12. The molecule has 0 aromatic carbocycles. The monoisotopic (exact) mass is 374 g/mol. The maximum absolute atomic E-state index is 13.1. The SMILES string of the molecule is C=CCC1(SP(=O)(O)SC2(CC=C)CCCCC2)CCCCC1. The largest absolute Gasteiger partial charge is 0.329 e. The van der Waals surface area contributed by atoms with Crippen molar-refractivity contribution in [2.24, 2.45) is 0 Å². The molecule has 0 aromatic heterocycles. The third kappa shape index (κ3) is 5.70. The molecule has 2 nitrogen and oxygen atoms in total. The van der Waals surface area contributed by atoms with E-state index in [4.69, 9.17) is 0 Å². The van der Waals surface area contributed by atoms with Gasteiger partial charge in [-0.3, -0.25) is 4.57 Å². The molecule has 0 spiro atoms. The number of hydrogen-bond donors (Lipinski definition) is 1. The van der Waals surface area contributed by atoms with Crippen molar-refractivity contribution in [2.45, 2.75) is 86.5 Å². The Kier molecular flexibility index (Phi) is 7.40. The topological polar surface area (TPSA) is 37.3 Å². The summed E-state index contributed by atoms with van der Waals surface area (Å²) in [4.78, 5) is 10.8. The molecule has 2 fully saturated rings. The zero-order chi connectivity index (χ0) is 16.8. The highest BCUT2D eigenvalue weighted by atomic mass is 33.1. The van der Waals surface area contributed by atoms with Crippen molar-refractivity contribution in [3.05, 3.63) is 25.3 Å². The van der Waals surface area contributed by atoms with Gasteiger partial charge in [-0.2, -0.15) is 0 Å². The minimum atomic E-state index is -3.28. The Labute approximate surface area is 149 Å². The first-order valence-electron chi connectivity index (χ1n) is 8.91. The summed E-state index contributed by atoms with van der Waals surface area (Å²) in [6.07, 6.45) is 16.9. The van der Waals surface area contributed by atoms with E-state index in [0.717, 1.165) is 38.5 Å². The van der Waals surface area contributed by atoms with E-state index in [2.05, 4.69) is 13.2 Å². The normalized spacial score (nSPS) is 24.0. The van der Waals surface area contributed by atoms with Gasteiger partial charge in [0.1, 0.15) is 0 Å². The van der Waals surface area contributed by atoms with Crippen LogP contribution in [0, 0.1) is 0 Å². The van der Waals surface area contributed by atoms with Crippen molar-refractivity contribution >= 4 is 28.5 Å². The van der Waals surface area contributed by atoms with Gasteiger partial charge in [0.05, 0.1) is 0 Å². The molecule has 0 saturated heterocycles. The van der Waals surface area contributed by atoms with Gasteiger partial charge in [-0.25, -0.2) is 0 Å². The molecular weight excluding hydrogens is 343 g/mol. The fourth-order valence-electron chi connectivity index (χ4n) is 4.09. The maximum Gasteiger partial charge on any atom is 0.311 e. The summed E-state index contributed by atoms with van der Waals surface area (Å²) >= 11 is 2.76. The van der Waals surface area contributed by atoms with Crippen molar-refractivity contribution in [1.29, 1.82) is 0 Å². The molecule has 0 aliphatic heterocycles. The summed E-state index contributed by atoms with van der Waals surface area (Å²) in [5.41, 5.74) is 0. The van der Waals surface area contributed by atoms with E-state index in [0.29, 0.717) is 0 Å². The van der Waals surface area contributed by atoms with Crippen LogP contribution in [0.25, 0.3) is 0 Å². The molecule has 0 atom stereocenters. The zero-order valence-corrected chi connectivity index (χ0v) is 16.7. The molecule has 2 aliphatic carbocycles. The summed E-state index contributed by atoms with van der Waals surface area (Å²) in [6, 6.07) is 0. The molecule has 0 amide bonds. The molecule has 132 valence electrons. The summed E-state index contributed by atoms with van der Waals surface area (Å²) in [5, 5.41) is 0. The number of allylic oxidation sites excluding steroid dienone is 2. The Bertz CT molecular complexity index is 414. The minimum absolute atomic E-state index is 0.0681. The Hall–Kier alpha value is 0.370. The second-order valence-corrected chi connectivity index (χ2v) is 14.9. The number of hydrogen-bond acceptors (Lipinski definition) is 3. The first-order valence-corrected chi connectivity index (χ1v) is 13.4. The van der Waals surface area contributed by atoms with E-state index in [9.17, 15) is 9.46 Å². The Morgan fingerprint density at radius 2 is 1.17 bits per heavy atom. The van der Waals surface area contributed by atoms with Crippen molar-refractivity contribution in [3.63, 3.8) is 0 Å². The van der Waals surface area contributed by atoms with Crippen LogP contribution in [0.15, 0.2) is 25.3 Å². The average molecular weight is 375 g/mol. The van der Waals surface area contributed by atoms with E-state index in [1.54, 1.807) is 0 Å².